The van der Waals surface area contributed by atoms with Gasteiger partial charge in [0.05, 0.1) is 12.0 Å². The number of hydrogen-bond donors (Lipinski definition) is 3. The summed E-state index contributed by atoms with van der Waals surface area (Å²) in [7, 11) is -0.735. The van der Waals surface area contributed by atoms with Crippen LogP contribution in [0.1, 0.15) is 13.3 Å². The summed E-state index contributed by atoms with van der Waals surface area (Å²) in [5, 5.41) is 5.61. The highest BCUT2D eigenvalue weighted by Gasteiger charge is 2.14. The minimum absolute atomic E-state index is 0.0559. The van der Waals surface area contributed by atoms with Gasteiger partial charge in [-0.15, -0.1) is 0 Å². The molecule has 0 spiro atoms. The molecule has 0 bridgehead atoms. The van der Waals surface area contributed by atoms with E-state index in [1.54, 1.807) is 36.8 Å². The Morgan fingerprint density at radius 2 is 2.04 bits per heavy atom. The molecule has 0 saturated heterocycles. The molecule has 142 valence electrons. The zero-order chi connectivity index (χ0) is 19.2. The van der Waals surface area contributed by atoms with Crippen LogP contribution in [0.4, 0.5) is 16.2 Å². The fourth-order valence-corrected chi connectivity index (χ4v) is 2.79. The van der Waals surface area contributed by atoms with E-state index in [1.165, 1.54) is 14.1 Å². The number of nitrogens with zero attached hydrogens (tertiary/aromatic N) is 3. The first-order chi connectivity index (χ1) is 12.3. The van der Waals surface area contributed by atoms with Crippen LogP contribution >= 0.6 is 0 Å². The van der Waals surface area contributed by atoms with Gasteiger partial charge in [0.1, 0.15) is 0 Å². The highest BCUT2D eigenvalue weighted by molar-refractivity contribution is 7.90. The number of rotatable bonds is 8. The van der Waals surface area contributed by atoms with Gasteiger partial charge < -0.3 is 15.2 Å². The van der Waals surface area contributed by atoms with Crippen LogP contribution in [-0.4, -0.2) is 48.4 Å². The third-order valence-corrected chi connectivity index (χ3v) is 5.12. The first-order valence-electron chi connectivity index (χ1n) is 8.13. The highest BCUT2D eigenvalue weighted by atomic mass is 32.2. The van der Waals surface area contributed by atoms with Crippen molar-refractivity contribution in [1.29, 1.82) is 0 Å². The Morgan fingerprint density at radius 1 is 1.31 bits per heavy atom. The minimum atomic E-state index is -3.60. The number of carbonyl (C=O) groups is 1. The third-order valence-electron chi connectivity index (χ3n) is 3.67. The summed E-state index contributed by atoms with van der Waals surface area (Å²) in [6.07, 6.45) is 5.98. The molecular formula is C16H24N6O3S. The molecule has 0 aliphatic rings. The maximum Gasteiger partial charge on any atom is 0.319 e. The molecule has 1 heterocycles. The van der Waals surface area contributed by atoms with Gasteiger partial charge in [-0.25, -0.2) is 9.78 Å². The standard InChI is InChI=1S/C16H24N6O3S/c1-4-13(11-22-9-8-17-12-22)18-16(23)19-14-6-5-7-15(10-14)20-26(24,25)21(2)3/h5-10,12-13,20H,4,11H2,1-3H3,(H2,18,19,23). The maximum atomic E-state index is 12.2. The lowest BCUT2D eigenvalue weighted by molar-refractivity contribution is 0.246. The highest BCUT2D eigenvalue weighted by Crippen LogP contribution is 2.17. The fourth-order valence-electron chi connectivity index (χ4n) is 2.18. The van der Waals surface area contributed by atoms with Crippen LogP contribution in [0.3, 0.4) is 0 Å². The molecule has 1 atom stereocenters. The van der Waals surface area contributed by atoms with Gasteiger partial charge in [0, 0.05) is 44.8 Å². The molecule has 26 heavy (non-hydrogen) atoms. The second-order valence-electron chi connectivity index (χ2n) is 5.93. The van der Waals surface area contributed by atoms with Crippen LogP contribution < -0.4 is 15.4 Å². The molecule has 2 aromatic rings. The summed E-state index contributed by atoms with van der Waals surface area (Å²) in [4.78, 5) is 16.2. The number of benzene rings is 1. The number of amides is 2. The van der Waals surface area contributed by atoms with Gasteiger partial charge in [-0.1, -0.05) is 13.0 Å². The molecule has 0 radical (unpaired) electrons. The number of anilines is 2. The van der Waals surface area contributed by atoms with Crippen LogP contribution in [0.5, 0.6) is 0 Å². The van der Waals surface area contributed by atoms with Crippen LogP contribution in [0.25, 0.3) is 0 Å². The molecule has 0 saturated carbocycles. The van der Waals surface area contributed by atoms with E-state index in [2.05, 4.69) is 20.3 Å². The predicted molar refractivity (Wildman–Crippen MR) is 101 cm³/mol. The van der Waals surface area contributed by atoms with Crippen molar-refractivity contribution in [2.45, 2.75) is 25.9 Å². The van der Waals surface area contributed by atoms with Crippen molar-refractivity contribution in [3.63, 3.8) is 0 Å². The van der Waals surface area contributed by atoms with Crippen molar-refractivity contribution in [2.24, 2.45) is 0 Å². The van der Waals surface area contributed by atoms with Crippen molar-refractivity contribution in [3.8, 4) is 0 Å². The van der Waals surface area contributed by atoms with Gasteiger partial charge >= 0.3 is 16.2 Å². The van der Waals surface area contributed by atoms with Crippen molar-refractivity contribution in [2.75, 3.05) is 24.1 Å². The topological polar surface area (TPSA) is 108 Å². The van der Waals surface area contributed by atoms with Crippen LogP contribution in [0, 0.1) is 0 Å². The average molecular weight is 380 g/mol. The molecule has 1 aromatic heterocycles. The summed E-state index contributed by atoms with van der Waals surface area (Å²) in [6, 6.07) is 6.09. The Morgan fingerprint density at radius 3 is 2.65 bits per heavy atom. The lowest BCUT2D eigenvalue weighted by Crippen LogP contribution is -2.40. The number of carbonyl (C=O) groups excluding carboxylic acids is 1. The van der Waals surface area contributed by atoms with E-state index in [-0.39, 0.29) is 12.1 Å². The summed E-state index contributed by atoms with van der Waals surface area (Å²) in [5.41, 5.74) is 0.848. The SMILES string of the molecule is CCC(Cn1ccnc1)NC(=O)Nc1cccc(NS(=O)(=O)N(C)C)c1. The van der Waals surface area contributed by atoms with Gasteiger partial charge in [-0.2, -0.15) is 12.7 Å². The normalized spacial score (nSPS) is 12.6. The monoisotopic (exact) mass is 380 g/mol. The number of urea groups is 1. The summed E-state index contributed by atoms with van der Waals surface area (Å²) in [6.45, 7) is 2.60. The first-order valence-corrected chi connectivity index (χ1v) is 9.57. The summed E-state index contributed by atoms with van der Waals surface area (Å²) in [5.74, 6) is 0. The Kier molecular flexibility index (Phi) is 6.58. The zero-order valence-corrected chi connectivity index (χ0v) is 15.8. The van der Waals surface area contributed by atoms with Crippen LogP contribution in [0.15, 0.2) is 43.0 Å². The second kappa shape index (κ2) is 8.68. The first kappa shape index (κ1) is 19.7. The second-order valence-corrected chi connectivity index (χ2v) is 7.82. The zero-order valence-electron chi connectivity index (χ0n) is 15.0. The summed E-state index contributed by atoms with van der Waals surface area (Å²) >= 11 is 0. The number of nitrogens with one attached hydrogen (secondary N) is 3. The smallest absolute Gasteiger partial charge is 0.319 e. The predicted octanol–water partition coefficient (Wildman–Crippen LogP) is 1.70. The van der Waals surface area contributed by atoms with Gasteiger partial charge in [-0.3, -0.25) is 4.72 Å². The molecule has 0 aliphatic heterocycles. The molecular weight excluding hydrogens is 356 g/mol. The Hall–Kier alpha value is -2.59. The molecule has 0 fully saturated rings. The van der Waals surface area contributed by atoms with E-state index in [4.69, 9.17) is 0 Å². The number of imidazole rings is 1. The van der Waals surface area contributed by atoms with Crippen molar-refractivity contribution >= 4 is 27.6 Å². The van der Waals surface area contributed by atoms with Gasteiger partial charge in [0.25, 0.3) is 0 Å². The maximum absolute atomic E-state index is 12.2. The molecule has 3 N–H and O–H groups in total. The van der Waals surface area contributed by atoms with Crippen molar-refractivity contribution in [3.05, 3.63) is 43.0 Å². The Bertz CT molecular complexity index is 820. The van der Waals surface area contributed by atoms with Gasteiger partial charge in [-0.05, 0) is 24.6 Å². The molecule has 2 rings (SSSR count). The van der Waals surface area contributed by atoms with Crippen LogP contribution in [0.2, 0.25) is 0 Å². The van der Waals surface area contributed by atoms with E-state index in [9.17, 15) is 13.2 Å². The lowest BCUT2D eigenvalue weighted by Gasteiger charge is -2.18. The number of aromatic nitrogens is 2. The third kappa shape index (κ3) is 5.74. The molecule has 10 heteroatoms. The van der Waals surface area contributed by atoms with Gasteiger partial charge in [0.2, 0.25) is 0 Å². The quantitative estimate of drug-likeness (QED) is 0.648. The Labute approximate surface area is 153 Å². The van der Waals surface area contributed by atoms with E-state index in [1.807, 2.05) is 17.7 Å². The van der Waals surface area contributed by atoms with E-state index >= 15 is 0 Å². The minimum Gasteiger partial charge on any atom is -0.335 e. The molecule has 1 aromatic carbocycles. The average Bonchev–Trinajstić information content (AvgIpc) is 3.07. The van der Waals surface area contributed by atoms with E-state index in [0.29, 0.717) is 17.9 Å². The van der Waals surface area contributed by atoms with E-state index < -0.39 is 10.2 Å². The lowest BCUT2D eigenvalue weighted by atomic mass is 10.2. The molecule has 0 aliphatic carbocycles. The van der Waals surface area contributed by atoms with Crippen LogP contribution in [-0.2, 0) is 16.8 Å². The van der Waals surface area contributed by atoms with E-state index in [0.717, 1.165) is 10.7 Å². The Balaban J connectivity index is 1.97. The van der Waals surface area contributed by atoms with Crippen molar-refractivity contribution < 1.29 is 13.2 Å². The largest absolute Gasteiger partial charge is 0.335 e. The number of hydrogen-bond acceptors (Lipinski definition) is 4. The molecule has 2 amide bonds. The molecule has 1 unspecified atom stereocenters. The van der Waals surface area contributed by atoms with Gasteiger partial charge in [0.15, 0.2) is 0 Å². The fraction of sp³-hybridized carbons (Fsp3) is 0.375. The van der Waals surface area contributed by atoms with Crippen molar-refractivity contribution in [1.82, 2.24) is 19.2 Å². The summed E-state index contributed by atoms with van der Waals surface area (Å²) < 4.78 is 29.1. The molecule has 9 nitrogen and oxygen atoms in total.